The topological polar surface area (TPSA) is 82.1 Å². The fourth-order valence-electron chi connectivity index (χ4n) is 3.70. The van der Waals surface area contributed by atoms with Gasteiger partial charge >= 0.3 is 5.69 Å². The predicted molar refractivity (Wildman–Crippen MR) is 102 cm³/mol. The van der Waals surface area contributed by atoms with Gasteiger partial charge in [0.2, 0.25) is 5.91 Å². The maximum Gasteiger partial charge on any atom is 0.332 e. The van der Waals surface area contributed by atoms with Crippen molar-refractivity contribution in [3.05, 3.63) is 57.0 Å². The monoisotopic (exact) mass is 367 g/mol. The Morgan fingerprint density at radius 2 is 1.93 bits per heavy atom. The molecule has 8 heteroatoms. The molecular formula is C19H21N5O3. The van der Waals surface area contributed by atoms with Crippen molar-refractivity contribution < 1.29 is 4.79 Å². The minimum absolute atomic E-state index is 0.0877. The van der Waals surface area contributed by atoms with Gasteiger partial charge in [0.25, 0.3) is 5.56 Å². The Kier molecular flexibility index (Phi) is 4.18. The fourth-order valence-corrected chi connectivity index (χ4v) is 3.70. The van der Waals surface area contributed by atoms with E-state index in [1.54, 1.807) is 17.9 Å². The van der Waals surface area contributed by atoms with Crippen molar-refractivity contribution in [2.75, 3.05) is 11.4 Å². The van der Waals surface area contributed by atoms with Crippen LogP contribution in [0.25, 0.3) is 11.2 Å². The van der Waals surface area contributed by atoms with E-state index in [-0.39, 0.29) is 11.5 Å². The van der Waals surface area contributed by atoms with Crippen LogP contribution in [0, 0.1) is 0 Å². The van der Waals surface area contributed by atoms with Gasteiger partial charge < -0.3 is 9.47 Å². The Morgan fingerprint density at radius 3 is 2.74 bits per heavy atom. The lowest BCUT2D eigenvalue weighted by atomic mass is 10.2. The number of benzene rings is 1. The first-order valence-corrected chi connectivity index (χ1v) is 8.98. The molecule has 3 heterocycles. The molecule has 1 aliphatic rings. The number of carbonyl (C=O) groups excluding carboxylic acids is 1. The van der Waals surface area contributed by atoms with Crippen molar-refractivity contribution in [3.63, 3.8) is 0 Å². The molecule has 1 amide bonds. The molecule has 0 fully saturated rings. The number of anilines is 1. The van der Waals surface area contributed by atoms with E-state index in [1.807, 2.05) is 23.1 Å². The van der Waals surface area contributed by atoms with Gasteiger partial charge in [0.15, 0.2) is 11.2 Å². The van der Waals surface area contributed by atoms with Crippen molar-refractivity contribution in [3.8, 4) is 0 Å². The summed E-state index contributed by atoms with van der Waals surface area (Å²) in [6, 6.07) is 7.97. The molecule has 0 atom stereocenters. The Bertz CT molecular complexity index is 1150. The van der Waals surface area contributed by atoms with Gasteiger partial charge in [-0.2, -0.15) is 0 Å². The highest BCUT2D eigenvalue weighted by Crippen LogP contribution is 2.28. The van der Waals surface area contributed by atoms with Gasteiger partial charge in [-0.05, 0) is 24.5 Å². The number of aromatic nitrogens is 4. The molecule has 3 aromatic rings. The van der Waals surface area contributed by atoms with E-state index >= 15 is 0 Å². The zero-order chi connectivity index (χ0) is 19.1. The number of para-hydroxylation sites is 1. The zero-order valence-corrected chi connectivity index (χ0v) is 15.4. The van der Waals surface area contributed by atoms with Gasteiger partial charge in [0, 0.05) is 39.3 Å². The third-order valence-electron chi connectivity index (χ3n) is 5.20. The molecule has 4 rings (SSSR count). The van der Waals surface area contributed by atoms with Crippen molar-refractivity contribution in [2.45, 2.75) is 25.8 Å². The average Bonchev–Trinajstić information content (AvgIpc) is 3.29. The molecule has 0 saturated heterocycles. The first kappa shape index (κ1) is 17.3. The quantitative estimate of drug-likeness (QED) is 0.683. The number of hydrogen-bond donors (Lipinski definition) is 0. The number of fused-ring (bicyclic) bond motifs is 2. The lowest BCUT2D eigenvalue weighted by Gasteiger charge is -2.17. The summed E-state index contributed by atoms with van der Waals surface area (Å²) >= 11 is 0. The van der Waals surface area contributed by atoms with E-state index in [1.165, 1.54) is 17.2 Å². The summed E-state index contributed by atoms with van der Waals surface area (Å²) in [4.78, 5) is 43.1. The minimum atomic E-state index is -0.402. The van der Waals surface area contributed by atoms with Gasteiger partial charge in [0.05, 0.1) is 6.33 Å². The van der Waals surface area contributed by atoms with Crippen molar-refractivity contribution in [1.29, 1.82) is 0 Å². The fraction of sp³-hybridized carbons (Fsp3) is 0.368. The summed E-state index contributed by atoms with van der Waals surface area (Å²) < 4.78 is 4.16. The van der Waals surface area contributed by atoms with Crippen LogP contribution in [-0.2, 0) is 31.9 Å². The Balaban J connectivity index is 1.50. The van der Waals surface area contributed by atoms with Crippen LogP contribution in [0.4, 0.5) is 5.69 Å². The molecule has 27 heavy (non-hydrogen) atoms. The third kappa shape index (κ3) is 2.77. The second kappa shape index (κ2) is 6.53. The minimum Gasteiger partial charge on any atom is -0.325 e. The van der Waals surface area contributed by atoms with E-state index in [9.17, 15) is 14.4 Å². The van der Waals surface area contributed by atoms with Crippen LogP contribution in [0.1, 0.15) is 18.4 Å². The summed E-state index contributed by atoms with van der Waals surface area (Å²) in [7, 11) is 3.05. The normalized spacial score (nSPS) is 13.3. The van der Waals surface area contributed by atoms with Crippen LogP contribution < -0.4 is 16.1 Å². The number of aryl methyl sites for hydroxylation is 2. The second-order valence-corrected chi connectivity index (χ2v) is 6.84. The van der Waals surface area contributed by atoms with Crippen molar-refractivity contribution in [1.82, 2.24) is 18.7 Å². The highest BCUT2D eigenvalue weighted by Gasteiger charge is 2.23. The Morgan fingerprint density at radius 1 is 1.15 bits per heavy atom. The molecule has 0 bridgehead atoms. The van der Waals surface area contributed by atoms with Gasteiger partial charge in [-0.15, -0.1) is 0 Å². The lowest BCUT2D eigenvalue weighted by Crippen LogP contribution is -2.37. The van der Waals surface area contributed by atoms with Gasteiger partial charge in [0.1, 0.15) is 0 Å². The predicted octanol–water partition coefficient (Wildman–Crippen LogP) is 0.803. The lowest BCUT2D eigenvalue weighted by molar-refractivity contribution is -0.118. The van der Waals surface area contributed by atoms with Crippen LogP contribution in [0.2, 0.25) is 0 Å². The summed E-state index contributed by atoms with van der Waals surface area (Å²) in [5, 5.41) is 0. The van der Waals surface area contributed by atoms with E-state index in [2.05, 4.69) is 11.1 Å². The van der Waals surface area contributed by atoms with Gasteiger partial charge in [-0.25, -0.2) is 9.78 Å². The molecule has 0 N–H and O–H groups in total. The molecule has 8 nitrogen and oxygen atoms in total. The van der Waals surface area contributed by atoms with Gasteiger partial charge in [-0.1, -0.05) is 18.2 Å². The van der Waals surface area contributed by atoms with Crippen LogP contribution >= 0.6 is 0 Å². The number of amides is 1. The molecule has 140 valence electrons. The van der Waals surface area contributed by atoms with Gasteiger partial charge in [-0.3, -0.25) is 18.7 Å². The number of rotatable bonds is 4. The van der Waals surface area contributed by atoms with Crippen molar-refractivity contribution in [2.24, 2.45) is 14.1 Å². The zero-order valence-electron chi connectivity index (χ0n) is 15.4. The second-order valence-electron chi connectivity index (χ2n) is 6.84. The number of hydrogen-bond acceptors (Lipinski definition) is 4. The number of carbonyl (C=O) groups is 1. The number of nitrogens with zero attached hydrogens (tertiary/aromatic N) is 5. The largest absolute Gasteiger partial charge is 0.332 e. The molecule has 0 aliphatic carbocycles. The first-order valence-electron chi connectivity index (χ1n) is 8.98. The molecule has 1 aliphatic heterocycles. The third-order valence-corrected chi connectivity index (χ3v) is 5.20. The molecule has 1 aromatic carbocycles. The van der Waals surface area contributed by atoms with E-state index in [0.29, 0.717) is 30.6 Å². The van der Waals surface area contributed by atoms with Crippen LogP contribution in [-0.4, -0.2) is 31.1 Å². The molecule has 0 saturated carbocycles. The molecule has 0 unspecified atom stereocenters. The van der Waals surface area contributed by atoms with Crippen LogP contribution in [0.3, 0.4) is 0 Å². The van der Waals surface area contributed by atoms with E-state index in [0.717, 1.165) is 23.2 Å². The Hall–Kier alpha value is -3.16. The summed E-state index contributed by atoms with van der Waals surface area (Å²) in [6.07, 6.45) is 3.42. The summed E-state index contributed by atoms with van der Waals surface area (Å²) in [5.41, 5.74) is 2.18. The highest BCUT2D eigenvalue weighted by molar-refractivity contribution is 5.95. The van der Waals surface area contributed by atoms with E-state index in [4.69, 9.17) is 0 Å². The van der Waals surface area contributed by atoms with Crippen LogP contribution in [0.15, 0.2) is 40.2 Å². The van der Waals surface area contributed by atoms with E-state index < -0.39 is 5.69 Å². The molecule has 0 spiro atoms. The van der Waals surface area contributed by atoms with Crippen LogP contribution in [0.5, 0.6) is 0 Å². The summed E-state index contributed by atoms with van der Waals surface area (Å²) in [6.45, 7) is 1.21. The maximum absolute atomic E-state index is 12.6. The standard InChI is InChI=1S/C19H21N5O3/c1-21-17-16(18(26)22(2)19(21)27)23(12-20-17)10-5-8-15(25)24-11-9-13-6-3-4-7-14(13)24/h3-4,6-7,12H,5,8-11H2,1-2H3. The molecular weight excluding hydrogens is 346 g/mol. The Labute approximate surface area is 155 Å². The first-order chi connectivity index (χ1) is 13.0. The molecule has 0 radical (unpaired) electrons. The smallest absolute Gasteiger partial charge is 0.325 e. The number of imidazole rings is 1. The average molecular weight is 367 g/mol. The summed E-state index contributed by atoms with van der Waals surface area (Å²) in [5.74, 6) is 0.0877. The van der Waals surface area contributed by atoms with Crippen molar-refractivity contribution >= 4 is 22.8 Å². The maximum atomic E-state index is 12.6. The SMILES string of the molecule is Cn1c(=O)c2c(ncn2CCCC(=O)N2CCc3ccccc32)n(C)c1=O. The molecule has 2 aromatic heterocycles. The highest BCUT2D eigenvalue weighted by atomic mass is 16.2.